The second-order valence-electron chi connectivity index (χ2n) is 5.00. The van der Waals surface area contributed by atoms with Crippen molar-refractivity contribution in [1.82, 2.24) is 9.97 Å². The summed E-state index contributed by atoms with van der Waals surface area (Å²) in [6.07, 6.45) is 2.99. The van der Waals surface area contributed by atoms with Crippen molar-refractivity contribution in [1.29, 1.82) is 0 Å². The molecule has 1 aliphatic heterocycles. The molecular formula is C14H18N4O. The molecule has 2 aromatic rings. The SMILES string of the molecule is CC1OCCC1CNc1ncnc2ccc(N)cc12. The van der Waals surface area contributed by atoms with Crippen molar-refractivity contribution in [2.45, 2.75) is 19.4 Å². The van der Waals surface area contributed by atoms with Gasteiger partial charge in [0.25, 0.3) is 0 Å². The highest BCUT2D eigenvalue weighted by Crippen LogP contribution is 2.24. The second-order valence-corrected chi connectivity index (χ2v) is 5.00. The highest BCUT2D eigenvalue weighted by molar-refractivity contribution is 5.91. The predicted molar refractivity (Wildman–Crippen MR) is 76.0 cm³/mol. The van der Waals surface area contributed by atoms with Crippen LogP contribution in [0.15, 0.2) is 24.5 Å². The second kappa shape index (κ2) is 5.01. The molecule has 0 amide bonds. The zero-order valence-corrected chi connectivity index (χ0v) is 11.0. The molecule has 0 bridgehead atoms. The van der Waals surface area contributed by atoms with Gasteiger partial charge in [-0.3, -0.25) is 0 Å². The third-order valence-electron chi connectivity index (χ3n) is 3.72. The van der Waals surface area contributed by atoms with Crippen LogP contribution < -0.4 is 11.1 Å². The number of hydrogen-bond donors (Lipinski definition) is 2. The smallest absolute Gasteiger partial charge is 0.137 e. The summed E-state index contributed by atoms with van der Waals surface area (Å²) in [4.78, 5) is 8.56. The van der Waals surface area contributed by atoms with Crippen LogP contribution in [-0.2, 0) is 4.74 Å². The Morgan fingerprint density at radius 2 is 2.32 bits per heavy atom. The van der Waals surface area contributed by atoms with E-state index in [1.807, 2.05) is 18.2 Å². The maximum Gasteiger partial charge on any atom is 0.137 e. The highest BCUT2D eigenvalue weighted by atomic mass is 16.5. The lowest BCUT2D eigenvalue weighted by Crippen LogP contribution is -2.21. The van der Waals surface area contributed by atoms with Crippen molar-refractivity contribution in [3.63, 3.8) is 0 Å². The van der Waals surface area contributed by atoms with Gasteiger partial charge in [-0.2, -0.15) is 0 Å². The van der Waals surface area contributed by atoms with Crippen molar-refractivity contribution >= 4 is 22.4 Å². The van der Waals surface area contributed by atoms with E-state index in [1.54, 1.807) is 6.33 Å². The van der Waals surface area contributed by atoms with E-state index < -0.39 is 0 Å². The minimum atomic E-state index is 0.311. The predicted octanol–water partition coefficient (Wildman–Crippen LogP) is 2.05. The molecule has 0 aliphatic carbocycles. The van der Waals surface area contributed by atoms with Crippen LogP contribution in [0.3, 0.4) is 0 Å². The van der Waals surface area contributed by atoms with E-state index in [4.69, 9.17) is 10.5 Å². The highest BCUT2D eigenvalue weighted by Gasteiger charge is 2.24. The summed E-state index contributed by atoms with van der Waals surface area (Å²) in [5, 5.41) is 4.37. The van der Waals surface area contributed by atoms with E-state index in [2.05, 4.69) is 22.2 Å². The van der Waals surface area contributed by atoms with Gasteiger partial charge in [0.05, 0.1) is 11.6 Å². The van der Waals surface area contributed by atoms with Gasteiger partial charge in [0.1, 0.15) is 12.1 Å². The molecule has 3 rings (SSSR count). The molecule has 2 heterocycles. The fourth-order valence-corrected chi connectivity index (χ4v) is 2.49. The lowest BCUT2D eigenvalue weighted by molar-refractivity contribution is 0.108. The van der Waals surface area contributed by atoms with Crippen molar-refractivity contribution in [3.05, 3.63) is 24.5 Å². The summed E-state index contributed by atoms with van der Waals surface area (Å²) < 4.78 is 5.57. The van der Waals surface area contributed by atoms with Gasteiger partial charge < -0.3 is 15.8 Å². The number of aromatic nitrogens is 2. The fourth-order valence-electron chi connectivity index (χ4n) is 2.49. The van der Waals surface area contributed by atoms with Gasteiger partial charge in [0.2, 0.25) is 0 Å². The third kappa shape index (κ3) is 2.46. The summed E-state index contributed by atoms with van der Waals surface area (Å²) in [5.74, 6) is 1.38. The molecule has 1 aliphatic rings. The summed E-state index contributed by atoms with van der Waals surface area (Å²) in [7, 11) is 0. The van der Waals surface area contributed by atoms with Crippen LogP contribution in [0.4, 0.5) is 11.5 Å². The molecule has 0 radical (unpaired) electrons. The number of nitrogens with two attached hydrogens (primary N) is 1. The number of hydrogen-bond acceptors (Lipinski definition) is 5. The van der Waals surface area contributed by atoms with Gasteiger partial charge in [0.15, 0.2) is 0 Å². The molecular weight excluding hydrogens is 240 g/mol. The average Bonchev–Trinajstić information content (AvgIpc) is 2.82. The Hall–Kier alpha value is -1.88. The van der Waals surface area contributed by atoms with Crippen molar-refractivity contribution in [2.75, 3.05) is 24.2 Å². The van der Waals surface area contributed by atoms with Crippen LogP contribution in [0.2, 0.25) is 0 Å². The molecule has 100 valence electrons. The Kier molecular flexibility index (Phi) is 3.21. The Morgan fingerprint density at radius 3 is 3.11 bits per heavy atom. The Morgan fingerprint density at radius 1 is 1.42 bits per heavy atom. The molecule has 3 N–H and O–H groups in total. The van der Waals surface area contributed by atoms with E-state index in [0.29, 0.717) is 12.0 Å². The molecule has 2 unspecified atom stereocenters. The summed E-state index contributed by atoms with van der Waals surface area (Å²) in [6, 6.07) is 5.68. The van der Waals surface area contributed by atoms with E-state index in [9.17, 15) is 0 Å². The molecule has 0 spiro atoms. The normalized spacial score (nSPS) is 22.8. The van der Waals surface area contributed by atoms with E-state index in [0.717, 1.165) is 42.0 Å². The lowest BCUT2D eigenvalue weighted by Gasteiger charge is -2.16. The first-order valence-electron chi connectivity index (χ1n) is 6.60. The molecule has 0 saturated carbocycles. The number of anilines is 2. The van der Waals surface area contributed by atoms with Crippen LogP contribution in [0.5, 0.6) is 0 Å². The summed E-state index contributed by atoms with van der Waals surface area (Å²) in [5.41, 5.74) is 7.46. The van der Waals surface area contributed by atoms with Gasteiger partial charge in [-0.25, -0.2) is 9.97 Å². The van der Waals surface area contributed by atoms with Crippen LogP contribution in [0.1, 0.15) is 13.3 Å². The molecule has 19 heavy (non-hydrogen) atoms. The standard InChI is InChI=1S/C14H18N4O/c1-9-10(4-5-19-9)7-16-14-12-6-11(15)2-3-13(12)17-8-18-14/h2-3,6,8-10H,4-5,7,15H2,1H3,(H,16,17,18). The Labute approximate surface area is 112 Å². The van der Waals surface area contributed by atoms with E-state index >= 15 is 0 Å². The average molecular weight is 258 g/mol. The molecule has 1 aromatic carbocycles. The zero-order chi connectivity index (χ0) is 13.2. The topological polar surface area (TPSA) is 73.1 Å². The lowest BCUT2D eigenvalue weighted by atomic mass is 10.0. The number of rotatable bonds is 3. The summed E-state index contributed by atoms with van der Waals surface area (Å²) in [6.45, 7) is 3.84. The van der Waals surface area contributed by atoms with Crippen LogP contribution in [0, 0.1) is 5.92 Å². The molecule has 5 nitrogen and oxygen atoms in total. The fraction of sp³-hybridized carbons (Fsp3) is 0.429. The number of nitrogens with zero attached hydrogens (tertiary/aromatic N) is 2. The van der Waals surface area contributed by atoms with Gasteiger partial charge in [-0.1, -0.05) is 0 Å². The van der Waals surface area contributed by atoms with E-state index in [-0.39, 0.29) is 0 Å². The van der Waals surface area contributed by atoms with Crippen LogP contribution >= 0.6 is 0 Å². The number of ether oxygens (including phenoxy) is 1. The maximum atomic E-state index is 5.83. The molecule has 1 fully saturated rings. The van der Waals surface area contributed by atoms with Crippen molar-refractivity contribution in [2.24, 2.45) is 5.92 Å². The monoisotopic (exact) mass is 258 g/mol. The number of fused-ring (bicyclic) bond motifs is 1. The first-order chi connectivity index (χ1) is 9.24. The number of nitrogen functional groups attached to an aromatic ring is 1. The van der Waals surface area contributed by atoms with E-state index in [1.165, 1.54) is 0 Å². The number of benzene rings is 1. The van der Waals surface area contributed by atoms with Crippen LogP contribution in [-0.4, -0.2) is 29.2 Å². The van der Waals surface area contributed by atoms with Gasteiger partial charge in [-0.05, 0) is 31.5 Å². The minimum absolute atomic E-state index is 0.311. The maximum absolute atomic E-state index is 5.83. The largest absolute Gasteiger partial charge is 0.399 e. The van der Waals surface area contributed by atoms with Gasteiger partial charge in [0, 0.05) is 30.1 Å². The first-order valence-corrected chi connectivity index (χ1v) is 6.60. The minimum Gasteiger partial charge on any atom is -0.399 e. The quantitative estimate of drug-likeness (QED) is 0.824. The third-order valence-corrected chi connectivity index (χ3v) is 3.72. The zero-order valence-electron chi connectivity index (χ0n) is 11.0. The van der Waals surface area contributed by atoms with Crippen LogP contribution in [0.25, 0.3) is 10.9 Å². The van der Waals surface area contributed by atoms with Gasteiger partial charge >= 0.3 is 0 Å². The molecule has 2 atom stereocenters. The molecule has 5 heteroatoms. The number of nitrogens with one attached hydrogen (secondary N) is 1. The molecule has 1 aromatic heterocycles. The van der Waals surface area contributed by atoms with Crippen molar-refractivity contribution in [3.8, 4) is 0 Å². The first kappa shape index (κ1) is 12.2. The Balaban J connectivity index is 1.82. The summed E-state index contributed by atoms with van der Waals surface area (Å²) >= 11 is 0. The Bertz CT molecular complexity index is 587. The molecule has 1 saturated heterocycles. The van der Waals surface area contributed by atoms with Gasteiger partial charge in [-0.15, -0.1) is 0 Å². The van der Waals surface area contributed by atoms with Crippen molar-refractivity contribution < 1.29 is 4.74 Å².